The molecule has 0 bridgehead atoms. The summed E-state index contributed by atoms with van der Waals surface area (Å²) >= 11 is 4.64. The van der Waals surface area contributed by atoms with Crippen molar-refractivity contribution in [2.45, 2.75) is 20.0 Å². The molecule has 0 spiro atoms. The van der Waals surface area contributed by atoms with Gasteiger partial charge in [0.25, 0.3) is 0 Å². The predicted molar refractivity (Wildman–Crippen MR) is 71.2 cm³/mol. The van der Waals surface area contributed by atoms with Gasteiger partial charge < -0.3 is 15.2 Å². The molecule has 0 aliphatic heterocycles. The Kier molecular flexibility index (Phi) is 7.40. The van der Waals surface area contributed by atoms with Gasteiger partial charge in [0.15, 0.2) is 6.79 Å². The molecule has 0 heterocycles. The topological polar surface area (TPSA) is 44.5 Å². The molecule has 108 valence electrons. The second-order valence-electron chi connectivity index (χ2n) is 3.16. The normalized spacial score (nSPS) is 10.4. The summed E-state index contributed by atoms with van der Waals surface area (Å²) in [6.45, 7) is 3.85. The van der Waals surface area contributed by atoms with Crippen LogP contribution in [0.1, 0.15) is 25.0 Å². The summed E-state index contributed by atoms with van der Waals surface area (Å²) in [7, 11) is 1.36. The fourth-order valence-corrected chi connectivity index (χ4v) is 1.23. The highest BCUT2D eigenvalue weighted by atomic mass is 32.1. The maximum Gasteiger partial charge on any atom is 0.416 e. The Morgan fingerprint density at radius 1 is 1.26 bits per heavy atom. The lowest BCUT2D eigenvalue weighted by molar-refractivity contribution is -0.137. The Bertz CT molecular complexity index is 422. The summed E-state index contributed by atoms with van der Waals surface area (Å²) in [5.74, 6) is 0.00414. The number of thiocarbonyl (C=S) groups is 1. The van der Waals surface area contributed by atoms with Crippen LogP contribution in [-0.2, 0) is 10.9 Å². The lowest BCUT2D eigenvalue weighted by atomic mass is 10.1. The molecule has 1 aromatic rings. The van der Waals surface area contributed by atoms with Gasteiger partial charge in [-0.15, -0.1) is 0 Å². The Labute approximate surface area is 115 Å². The number of benzene rings is 1. The highest BCUT2D eigenvalue weighted by Crippen LogP contribution is 2.32. The smallest absolute Gasteiger partial charge is 0.416 e. The molecule has 0 fully saturated rings. The number of halogens is 3. The number of ether oxygens (including phenoxy) is 2. The van der Waals surface area contributed by atoms with Gasteiger partial charge in [-0.1, -0.05) is 26.1 Å². The van der Waals surface area contributed by atoms with Crippen LogP contribution in [0, 0.1) is 0 Å². The average molecular weight is 295 g/mol. The van der Waals surface area contributed by atoms with Gasteiger partial charge in [0.05, 0.1) is 5.56 Å². The van der Waals surface area contributed by atoms with Crippen molar-refractivity contribution in [2.24, 2.45) is 5.73 Å². The van der Waals surface area contributed by atoms with E-state index in [1.54, 1.807) is 0 Å². The van der Waals surface area contributed by atoms with Gasteiger partial charge in [0.2, 0.25) is 0 Å². The van der Waals surface area contributed by atoms with Crippen molar-refractivity contribution < 1.29 is 22.6 Å². The maximum atomic E-state index is 12.6. The van der Waals surface area contributed by atoms with Crippen molar-refractivity contribution in [3.8, 4) is 5.75 Å². The molecule has 1 aromatic carbocycles. The minimum Gasteiger partial charge on any atom is -0.468 e. The van der Waals surface area contributed by atoms with Crippen LogP contribution in [0.4, 0.5) is 13.2 Å². The van der Waals surface area contributed by atoms with Gasteiger partial charge in [0, 0.05) is 12.7 Å². The molecule has 0 aliphatic rings. The van der Waals surface area contributed by atoms with Crippen LogP contribution in [0.3, 0.4) is 0 Å². The lowest BCUT2D eigenvalue weighted by Crippen LogP contribution is -2.13. The van der Waals surface area contributed by atoms with E-state index in [1.807, 2.05) is 13.8 Å². The molecule has 0 saturated carbocycles. The zero-order valence-electron chi connectivity index (χ0n) is 10.9. The van der Waals surface area contributed by atoms with Crippen LogP contribution in [0.25, 0.3) is 0 Å². The molecule has 19 heavy (non-hydrogen) atoms. The summed E-state index contributed by atoms with van der Waals surface area (Å²) in [6, 6.07) is 3.07. The molecule has 2 N–H and O–H groups in total. The lowest BCUT2D eigenvalue weighted by Gasteiger charge is -2.12. The zero-order valence-corrected chi connectivity index (χ0v) is 11.7. The SMILES string of the molecule is CC.COCOc1cc(C(N)=S)cc(C(F)(F)F)c1. The molecule has 1 rings (SSSR count). The largest absolute Gasteiger partial charge is 0.468 e. The van der Waals surface area contributed by atoms with Crippen LogP contribution in [0.2, 0.25) is 0 Å². The summed E-state index contributed by atoms with van der Waals surface area (Å²) in [4.78, 5) is -0.127. The average Bonchev–Trinajstić information content (AvgIpc) is 2.37. The molecule has 0 aliphatic carbocycles. The Hall–Kier alpha value is -1.34. The van der Waals surface area contributed by atoms with Crippen LogP contribution in [0.15, 0.2) is 18.2 Å². The highest BCUT2D eigenvalue weighted by molar-refractivity contribution is 7.80. The Morgan fingerprint density at radius 3 is 2.26 bits per heavy atom. The van der Waals surface area contributed by atoms with Crippen LogP contribution in [0.5, 0.6) is 5.75 Å². The van der Waals surface area contributed by atoms with E-state index < -0.39 is 11.7 Å². The Morgan fingerprint density at radius 2 is 1.84 bits per heavy atom. The minimum atomic E-state index is -4.48. The van der Waals surface area contributed by atoms with Crippen molar-refractivity contribution in [3.05, 3.63) is 29.3 Å². The number of nitrogens with two attached hydrogens (primary N) is 1. The molecular weight excluding hydrogens is 279 g/mol. The molecular formula is C12H16F3NO2S. The fraction of sp³-hybridized carbons (Fsp3) is 0.417. The van der Waals surface area contributed by atoms with Crippen LogP contribution in [-0.4, -0.2) is 18.9 Å². The molecule has 0 unspecified atom stereocenters. The van der Waals surface area contributed by atoms with E-state index in [0.717, 1.165) is 12.1 Å². The Balaban J connectivity index is 0.00000154. The number of hydrogen-bond donors (Lipinski definition) is 1. The molecule has 7 heteroatoms. The van der Waals surface area contributed by atoms with Gasteiger partial charge in [0.1, 0.15) is 10.7 Å². The van der Waals surface area contributed by atoms with Crippen molar-refractivity contribution in [3.63, 3.8) is 0 Å². The molecule has 0 amide bonds. The predicted octanol–water partition coefficient (Wildman–Crippen LogP) is 3.35. The highest BCUT2D eigenvalue weighted by Gasteiger charge is 2.31. The van der Waals surface area contributed by atoms with Crippen molar-refractivity contribution in [1.29, 1.82) is 0 Å². The molecule has 0 aromatic heterocycles. The summed E-state index contributed by atoms with van der Waals surface area (Å²) < 4.78 is 47.2. The maximum absolute atomic E-state index is 12.6. The second kappa shape index (κ2) is 7.96. The first-order valence-corrected chi connectivity index (χ1v) is 5.89. The molecule has 0 saturated heterocycles. The van der Waals surface area contributed by atoms with E-state index in [4.69, 9.17) is 10.5 Å². The van der Waals surface area contributed by atoms with E-state index in [0.29, 0.717) is 0 Å². The standard InChI is InChI=1S/C10H10F3NO2S.C2H6/c1-15-5-16-8-3-6(9(14)17)2-7(4-8)10(11,12)13;1-2/h2-4H,5H2,1H3,(H2,14,17);1-2H3. The van der Waals surface area contributed by atoms with E-state index in [9.17, 15) is 13.2 Å². The van der Waals surface area contributed by atoms with Gasteiger partial charge in [-0.2, -0.15) is 13.2 Å². The van der Waals surface area contributed by atoms with E-state index >= 15 is 0 Å². The number of hydrogen-bond acceptors (Lipinski definition) is 3. The van der Waals surface area contributed by atoms with E-state index in [1.165, 1.54) is 13.2 Å². The van der Waals surface area contributed by atoms with Crippen molar-refractivity contribution >= 4 is 17.2 Å². The minimum absolute atomic E-state index is 0.00414. The van der Waals surface area contributed by atoms with E-state index in [-0.39, 0.29) is 23.1 Å². The first kappa shape index (κ1) is 17.7. The number of rotatable bonds is 4. The van der Waals surface area contributed by atoms with Crippen LogP contribution < -0.4 is 10.5 Å². The summed E-state index contributed by atoms with van der Waals surface area (Å²) in [5.41, 5.74) is 4.53. The first-order chi connectivity index (χ1) is 8.84. The van der Waals surface area contributed by atoms with E-state index in [2.05, 4.69) is 17.0 Å². The summed E-state index contributed by atoms with van der Waals surface area (Å²) in [6.07, 6.45) is -4.48. The zero-order chi connectivity index (χ0) is 15.1. The monoisotopic (exact) mass is 295 g/mol. The van der Waals surface area contributed by atoms with Gasteiger partial charge in [-0.05, 0) is 18.2 Å². The molecule has 0 atom stereocenters. The number of alkyl halides is 3. The quantitative estimate of drug-likeness (QED) is 0.683. The van der Waals surface area contributed by atoms with Crippen molar-refractivity contribution in [1.82, 2.24) is 0 Å². The van der Waals surface area contributed by atoms with Gasteiger partial charge in [-0.25, -0.2) is 0 Å². The van der Waals surface area contributed by atoms with Gasteiger partial charge in [-0.3, -0.25) is 0 Å². The first-order valence-electron chi connectivity index (χ1n) is 5.48. The van der Waals surface area contributed by atoms with Gasteiger partial charge >= 0.3 is 6.18 Å². The third-order valence-corrected chi connectivity index (χ3v) is 2.10. The second-order valence-corrected chi connectivity index (χ2v) is 3.60. The third-order valence-electron chi connectivity index (χ3n) is 1.86. The summed E-state index contributed by atoms with van der Waals surface area (Å²) in [5, 5.41) is 0. The van der Waals surface area contributed by atoms with Crippen LogP contribution >= 0.6 is 12.2 Å². The molecule has 3 nitrogen and oxygen atoms in total. The fourth-order valence-electron chi connectivity index (χ4n) is 1.12. The third kappa shape index (κ3) is 5.89. The van der Waals surface area contributed by atoms with Crippen molar-refractivity contribution in [2.75, 3.05) is 13.9 Å². The molecule has 0 radical (unpaired) electrons. The number of methoxy groups -OCH3 is 1.